The molecule has 2 fully saturated rings. The molecule has 4 atom stereocenters. The number of methoxy groups -OCH3 is 1. The van der Waals surface area contributed by atoms with Crippen molar-refractivity contribution < 1.29 is 23.3 Å². The number of rotatable bonds is 11. The maximum Gasteiger partial charge on any atom is 0.323 e. The molecular weight excluding hydrogens is 655 g/mol. The Morgan fingerprint density at radius 2 is 1.90 bits per heavy atom. The van der Waals surface area contributed by atoms with E-state index < -0.39 is 51.5 Å². The average Bonchev–Trinajstić information content (AvgIpc) is 3.79. The third kappa shape index (κ3) is 8.28. The number of carbonyl (C=O) groups is 2. The molecule has 48 heavy (non-hydrogen) atoms. The van der Waals surface area contributed by atoms with Crippen LogP contribution < -0.4 is 15.4 Å². The number of anilines is 2. The standard InChI is InChI=1S/C35H40ClFN6O4S/c1-34(2,3)48(46)42-35(15-14-22-8-9-22,24-7-5-6-23(16-24)19-38)25-10-12-28(37)29(17-25)40-32(44)30-18-27(47-4)21-43(30)33(45)41-31-13-11-26(36)20-39-31/h5-7,10-13,16-17,20,22,27,30,42H,8-9,14-15,18,21H2,1-4H3,(H,40,44)(H,39,41,45)/t27-,30-,35?,48?/m1/s1. The van der Waals surface area contributed by atoms with E-state index in [0.29, 0.717) is 34.1 Å². The lowest BCUT2D eigenvalue weighted by Crippen LogP contribution is -2.52. The smallest absolute Gasteiger partial charge is 0.323 e. The molecule has 1 saturated heterocycles. The van der Waals surface area contributed by atoms with Gasteiger partial charge >= 0.3 is 6.03 Å². The van der Waals surface area contributed by atoms with Gasteiger partial charge in [-0.25, -0.2) is 14.2 Å². The fourth-order valence-electron chi connectivity index (χ4n) is 5.79. The molecule has 3 N–H and O–H groups in total. The summed E-state index contributed by atoms with van der Waals surface area (Å²) in [6.07, 6.45) is 4.72. The number of aromatic nitrogens is 1. The van der Waals surface area contributed by atoms with Crippen LogP contribution in [0.3, 0.4) is 0 Å². The van der Waals surface area contributed by atoms with Crippen LogP contribution in [0.5, 0.6) is 0 Å². The van der Waals surface area contributed by atoms with Crippen LogP contribution in [-0.4, -0.2) is 56.9 Å². The number of benzene rings is 2. The van der Waals surface area contributed by atoms with Crippen LogP contribution in [0, 0.1) is 23.1 Å². The number of urea groups is 1. The number of nitrogens with one attached hydrogen (secondary N) is 3. The largest absolute Gasteiger partial charge is 0.598 e. The third-order valence-electron chi connectivity index (χ3n) is 8.77. The fourth-order valence-corrected chi connectivity index (χ4v) is 6.86. The predicted octanol–water partition coefficient (Wildman–Crippen LogP) is 6.49. The molecule has 2 unspecified atom stereocenters. The third-order valence-corrected chi connectivity index (χ3v) is 10.6. The highest BCUT2D eigenvalue weighted by atomic mass is 35.5. The summed E-state index contributed by atoms with van der Waals surface area (Å²) in [5, 5.41) is 15.5. The summed E-state index contributed by atoms with van der Waals surface area (Å²) >= 11 is 4.36. The first-order valence-electron chi connectivity index (χ1n) is 15.9. The van der Waals surface area contributed by atoms with Crippen LogP contribution >= 0.6 is 11.6 Å². The molecule has 5 rings (SSSR count). The van der Waals surface area contributed by atoms with Crippen molar-refractivity contribution in [1.29, 1.82) is 5.26 Å². The summed E-state index contributed by atoms with van der Waals surface area (Å²) in [5.41, 5.74) is 0.558. The number of hydrogen-bond donors (Lipinski definition) is 3. The molecule has 1 saturated carbocycles. The lowest BCUT2D eigenvalue weighted by atomic mass is 9.79. The van der Waals surface area contributed by atoms with Gasteiger partial charge in [0.15, 0.2) is 0 Å². The second-order valence-corrected chi connectivity index (χ2v) is 15.7. The van der Waals surface area contributed by atoms with E-state index in [1.54, 1.807) is 42.5 Å². The Morgan fingerprint density at radius 3 is 2.54 bits per heavy atom. The van der Waals surface area contributed by atoms with Crippen molar-refractivity contribution in [2.24, 2.45) is 5.92 Å². The summed E-state index contributed by atoms with van der Waals surface area (Å²) in [5.74, 6) is -0.490. The Morgan fingerprint density at radius 1 is 1.15 bits per heavy atom. The minimum atomic E-state index is -1.56. The molecule has 254 valence electrons. The lowest BCUT2D eigenvalue weighted by molar-refractivity contribution is -0.119. The number of ether oxygens (including phenoxy) is 1. The van der Waals surface area contributed by atoms with Crippen LogP contribution in [0.2, 0.25) is 5.02 Å². The monoisotopic (exact) mass is 694 g/mol. The van der Waals surface area contributed by atoms with Crippen molar-refractivity contribution >= 4 is 46.4 Å². The molecule has 0 bridgehead atoms. The molecule has 1 aliphatic carbocycles. The highest BCUT2D eigenvalue weighted by Gasteiger charge is 2.44. The van der Waals surface area contributed by atoms with Crippen molar-refractivity contribution in [3.8, 4) is 6.07 Å². The van der Waals surface area contributed by atoms with Crippen LogP contribution in [-0.2, 0) is 26.4 Å². The van der Waals surface area contributed by atoms with Gasteiger partial charge in [0.2, 0.25) is 5.91 Å². The molecule has 2 aromatic carbocycles. The van der Waals surface area contributed by atoms with Gasteiger partial charge in [-0.15, -0.1) is 4.72 Å². The van der Waals surface area contributed by atoms with Crippen molar-refractivity contribution in [2.75, 3.05) is 24.3 Å². The van der Waals surface area contributed by atoms with Crippen LogP contribution in [0.4, 0.5) is 20.7 Å². The van der Waals surface area contributed by atoms with Gasteiger partial charge in [-0.3, -0.25) is 10.1 Å². The van der Waals surface area contributed by atoms with Gasteiger partial charge < -0.3 is 19.5 Å². The first-order valence-corrected chi connectivity index (χ1v) is 17.4. The van der Waals surface area contributed by atoms with E-state index >= 15 is 4.39 Å². The maximum atomic E-state index is 15.5. The Bertz CT molecular complexity index is 1680. The normalized spacial score (nSPS) is 19.7. The minimum absolute atomic E-state index is 0.0892. The molecule has 13 heteroatoms. The van der Waals surface area contributed by atoms with E-state index in [4.69, 9.17) is 16.3 Å². The number of hydrogen-bond acceptors (Lipinski definition) is 7. The van der Waals surface area contributed by atoms with Crippen molar-refractivity contribution in [1.82, 2.24) is 14.6 Å². The molecule has 2 heterocycles. The first-order chi connectivity index (χ1) is 22.8. The van der Waals surface area contributed by atoms with Gasteiger partial charge in [0, 0.05) is 37.6 Å². The summed E-state index contributed by atoms with van der Waals surface area (Å²) in [6.45, 7) is 5.73. The number of halogens is 2. The zero-order valence-corrected chi connectivity index (χ0v) is 29.0. The van der Waals surface area contributed by atoms with Crippen molar-refractivity contribution in [3.05, 3.63) is 88.3 Å². The fraction of sp³-hybridized carbons (Fsp3) is 0.429. The predicted molar refractivity (Wildman–Crippen MR) is 184 cm³/mol. The van der Waals surface area contributed by atoms with Crippen LogP contribution in [0.1, 0.15) is 69.6 Å². The highest BCUT2D eigenvalue weighted by molar-refractivity contribution is 7.90. The number of carbonyl (C=O) groups excluding carboxylic acids is 2. The van der Waals surface area contributed by atoms with Gasteiger partial charge in [-0.2, -0.15) is 5.26 Å². The Kier molecular flexibility index (Phi) is 11.0. The summed E-state index contributed by atoms with van der Waals surface area (Å²) < 4.78 is 37.6. The van der Waals surface area contributed by atoms with Gasteiger partial charge in [-0.1, -0.05) is 42.6 Å². The SMILES string of the molecule is CO[C@@H]1C[C@H](C(=O)Nc2cc(C(CCC3CC3)(N[S+]([O-])C(C)(C)C)c3cccc(C#N)c3)ccc2F)N(C(=O)Nc2ccc(Cl)cn2)C1. The molecule has 3 amide bonds. The summed E-state index contributed by atoms with van der Waals surface area (Å²) in [4.78, 5) is 32.5. The number of nitriles is 1. The maximum absolute atomic E-state index is 15.5. The molecule has 1 aliphatic heterocycles. The molecule has 2 aliphatic rings. The molecule has 0 radical (unpaired) electrons. The number of amides is 3. The molecule has 0 spiro atoms. The molecular formula is C35H40ClFN6O4S. The second-order valence-electron chi connectivity index (χ2n) is 13.3. The zero-order valence-electron chi connectivity index (χ0n) is 27.4. The Balaban J connectivity index is 1.49. The molecule has 1 aromatic heterocycles. The van der Waals surface area contributed by atoms with Gasteiger partial charge in [-0.05, 0) is 87.1 Å². The zero-order chi connectivity index (χ0) is 34.6. The molecule has 3 aromatic rings. The van der Waals surface area contributed by atoms with Gasteiger partial charge in [0.05, 0.1) is 28.4 Å². The van der Waals surface area contributed by atoms with E-state index in [-0.39, 0.29) is 24.5 Å². The summed E-state index contributed by atoms with van der Waals surface area (Å²) in [7, 11) is 1.50. The van der Waals surface area contributed by atoms with Gasteiger partial charge in [0.1, 0.15) is 28.0 Å². The first kappa shape index (κ1) is 35.6. The van der Waals surface area contributed by atoms with Crippen LogP contribution in [0.15, 0.2) is 60.8 Å². The number of nitrogens with zero attached hydrogens (tertiary/aromatic N) is 3. The van der Waals surface area contributed by atoms with E-state index in [2.05, 4.69) is 26.4 Å². The van der Waals surface area contributed by atoms with E-state index in [0.717, 1.165) is 19.3 Å². The minimum Gasteiger partial charge on any atom is -0.598 e. The average molecular weight is 695 g/mol. The second kappa shape index (κ2) is 14.8. The topological polar surface area (TPSA) is 142 Å². The Labute approximate surface area is 288 Å². The van der Waals surface area contributed by atoms with E-state index in [1.807, 2.05) is 26.8 Å². The Hall–Kier alpha value is -3.73. The summed E-state index contributed by atoms with van der Waals surface area (Å²) in [6, 6.07) is 15.3. The van der Waals surface area contributed by atoms with Crippen molar-refractivity contribution in [3.63, 3.8) is 0 Å². The quantitative estimate of drug-likeness (QED) is 0.195. The molecule has 10 nitrogen and oxygen atoms in total. The lowest BCUT2D eigenvalue weighted by Gasteiger charge is -2.39. The highest BCUT2D eigenvalue weighted by Crippen LogP contribution is 2.43. The van der Waals surface area contributed by atoms with Crippen LogP contribution in [0.25, 0.3) is 0 Å². The number of likely N-dealkylation sites (tertiary alicyclic amines) is 1. The number of pyridine rings is 1. The van der Waals surface area contributed by atoms with E-state index in [9.17, 15) is 19.4 Å². The van der Waals surface area contributed by atoms with Crippen molar-refractivity contribution in [2.45, 2.75) is 75.3 Å². The van der Waals surface area contributed by atoms with E-state index in [1.165, 1.54) is 24.3 Å². The van der Waals surface area contributed by atoms with Gasteiger partial charge in [0.25, 0.3) is 0 Å².